The Hall–Kier alpha value is -3.29. The first-order valence-corrected chi connectivity index (χ1v) is 11.5. The lowest BCUT2D eigenvalue weighted by Crippen LogP contribution is -2.36. The third-order valence-electron chi connectivity index (χ3n) is 5.81. The zero-order valence-electron chi connectivity index (χ0n) is 17.9. The molecule has 0 atom stereocenters. The second-order valence-electron chi connectivity index (χ2n) is 8.00. The number of nitrogens with zero attached hydrogens (tertiary/aromatic N) is 3. The number of nitrogens with two attached hydrogens (primary N) is 1. The molecule has 162 valence electrons. The van der Waals surface area contributed by atoms with Gasteiger partial charge in [0.25, 0.3) is 0 Å². The summed E-state index contributed by atoms with van der Waals surface area (Å²) in [5.74, 6) is 0.0947. The van der Waals surface area contributed by atoms with Gasteiger partial charge in [0.05, 0.1) is 13.2 Å². The van der Waals surface area contributed by atoms with Gasteiger partial charge < -0.3 is 15.4 Å². The summed E-state index contributed by atoms with van der Waals surface area (Å²) in [5.41, 5.74) is 12.5. The van der Waals surface area contributed by atoms with Crippen molar-refractivity contribution in [1.29, 1.82) is 0 Å². The predicted molar refractivity (Wildman–Crippen MR) is 130 cm³/mol. The van der Waals surface area contributed by atoms with Crippen molar-refractivity contribution in [3.05, 3.63) is 71.4 Å². The number of thiazole rings is 1. The standard InChI is InChI=1S/C25H24N4O2S/c1-16-2-5-18(13-21(16)19-14-22-24(27-15-19)32-25(26)28-22)23(30)12-17-3-6-20(7-4-17)29-8-10-31-11-9-29/h2-7,13-15H,8-12H2,1H3,(H2,26,28). The van der Waals surface area contributed by atoms with Crippen LogP contribution in [0.25, 0.3) is 21.5 Å². The maximum atomic E-state index is 13.0. The Kier molecular flexibility index (Phi) is 5.59. The normalized spacial score (nSPS) is 14.1. The molecule has 4 aromatic rings. The SMILES string of the molecule is Cc1ccc(C(=O)Cc2ccc(N3CCOCC3)cc2)cc1-c1cnc2sc(N)nc2c1. The van der Waals surface area contributed by atoms with Gasteiger partial charge in [0.1, 0.15) is 10.3 Å². The topological polar surface area (TPSA) is 81.3 Å². The van der Waals surface area contributed by atoms with E-state index in [2.05, 4.69) is 27.0 Å². The van der Waals surface area contributed by atoms with E-state index in [0.29, 0.717) is 17.1 Å². The van der Waals surface area contributed by atoms with Crippen molar-refractivity contribution >= 4 is 38.3 Å². The van der Waals surface area contributed by atoms with E-state index in [-0.39, 0.29) is 5.78 Å². The summed E-state index contributed by atoms with van der Waals surface area (Å²) < 4.78 is 5.42. The second kappa shape index (κ2) is 8.68. The lowest BCUT2D eigenvalue weighted by molar-refractivity contribution is 0.0993. The average Bonchev–Trinajstić information content (AvgIpc) is 3.19. The van der Waals surface area contributed by atoms with Gasteiger partial charge in [-0.25, -0.2) is 9.97 Å². The van der Waals surface area contributed by atoms with E-state index < -0.39 is 0 Å². The number of rotatable bonds is 5. The van der Waals surface area contributed by atoms with E-state index in [4.69, 9.17) is 10.5 Å². The quantitative estimate of drug-likeness (QED) is 0.456. The van der Waals surface area contributed by atoms with Crippen molar-refractivity contribution in [2.45, 2.75) is 13.3 Å². The van der Waals surface area contributed by atoms with Crippen LogP contribution in [0.4, 0.5) is 10.8 Å². The first-order chi connectivity index (χ1) is 15.6. The van der Waals surface area contributed by atoms with Gasteiger partial charge in [0, 0.05) is 42.5 Å². The van der Waals surface area contributed by atoms with Crippen molar-refractivity contribution in [1.82, 2.24) is 9.97 Å². The third-order valence-corrected chi connectivity index (χ3v) is 6.62. The smallest absolute Gasteiger partial charge is 0.182 e. The highest BCUT2D eigenvalue weighted by molar-refractivity contribution is 7.21. The number of hydrogen-bond donors (Lipinski definition) is 1. The number of fused-ring (bicyclic) bond motifs is 1. The fourth-order valence-corrected chi connectivity index (χ4v) is 4.68. The Balaban J connectivity index is 1.35. The molecule has 2 aromatic carbocycles. The van der Waals surface area contributed by atoms with Crippen LogP contribution in [0, 0.1) is 6.92 Å². The van der Waals surface area contributed by atoms with Crippen molar-refractivity contribution in [2.24, 2.45) is 0 Å². The Morgan fingerprint density at radius 1 is 1.12 bits per heavy atom. The van der Waals surface area contributed by atoms with Gasteiger partial charge in [-0.3, -0.25) is 4.79 Å². The molecule has 0 amide bonds. The highest BCUT2D eigenvalue weighted by Gasteiger charge is 2.14. The fourth-order valence-electron chi connectivity index (χ4n) is 4.03. The summed E-state index contributed by atoms with van der Waals surface area (Å²) in [5, 5.41) is 0.505. The molecule has 0 aliphatic carbocycles. The molecule has 32 heavy (non-hydrogen) atoms. The number of carbonyl (C=O) groups excluding carboxylic acids is 1. The molecule has 7 heteroatoms. The number of nitrogen functional groups attached to an aromatic ring is 1. The molecule has 0 bridgehead atoms. The molecule has 0 radical (unpaired) electrons. The molecule has 0 unspecified atom stereocenters. The minimum atomic E-state index is 0.0947. The second-order valence-corrected chi connectivity index (χ2v) is 9.00. The highest BCUT2D eigenvalue weighted by Crippen LogP contribution is 2.29. The zero-order valence-corrected chi connectivity index (χ0v) is 18.7. The van der Waals surface area contributed by atoms with E-state index in [9.17, 15) is 4.79 Å². The lowest BCUT2D eigenvalue weighted by Gasteiger charge is -2.28. The van der Waals surface area contributed by atoms with Gasteiger partial charge in [0.2, 0.25) is 0 Å². The molecular weight excluding hydrogens is 420 g/mol. The van der Waals surface area contributed by atoms with Crippen LogP contribution in [0.3, 0.4) is 0 Å². The molecule has 1 saturated heterocycles. The van der Waals surface area contributed by atoms with Gasteiger partial charge in [0.15, 0.2) is 10.9 Å². The van der Waals surface area contributed by atoms with Crippen molar-refractivity contribution in [3.8, 4) is 11.1 Å². The van der Waals surface area contributed by atoms with E-state index in [1.54, 1.807) is 0 Å². The summed E-state index contributed by atoms with van der Waals surface area (Å²) in [4.78, 5) is 25.0. The number of ketones is 1. The maximum Gasteiger partial charge on any atom is 0.182 e. The number of hydrogen-bond acceptors (Lipinski definition) is 7. The van der Waals surface area contributed by atoms with Gasteiger partial charge in [-0.2, -0.15) is 0 Å². The Bertz CT molecular complexity index is 1280. The predicted octanol–water partition coefficient (Wildman–Crippen LogP) is 4.51. The minimum absolute atomic E-state index is 0.0947. The highest BCUT2D eigenvalue weighted by atomic mass is 32.1. The van der Waals surface area contributed by atoms with Crippen LogP contribution >= 0.6 is 11.3 Å². The molecule has 1 aliphatic heterocycles. The number of aryl methyl sites for hydroxylation is 1. The number of ether oxygens (including phenoxy) is 1. The monoisotopic (exact) mass is 444 g/mol. The van der Waals surface area contributed by atoms with Crippen LogP contribution in [0.5, 0.6) is 0 Å². The van der Waals surface area contributed by atoms with Crippen molar-refractivity contribution in [3.63, 3.8) is 0 Å². The van der Waals surface area contributed by atoms with Crippen LogP contribution < -0.4 is 10.6 Å². The summed E-state index contributed by atoms with van der Waals surface area (Å²) in [6.45, 7) is 5.35. The fraction of sp³-hybridized carbons (Fsp3) is 0.240. The number of anilines is 2. The molecule has 5 rings (SSSR count). The number of morpholine rings is 1. The summed E-state index contributed by atoms with van der Waals surface area (Å²) in [6.07, 6.45) is 2.19. The van der Waals surface area contributed by atoms with Crippen LogP contribution in [-0.4, -0.2) is 42.1 Å². The molecule has 0 saturated carbocycles. The molecular formula is C25H24N4O2S. The minimum Gasteiger partial charge on any atom is -0.378 e. The van der Waals surface area contributed by atoms with Crippen LogP contribution in [0.1, 0.15) is 21.5 Å². The zero-order chi connectivity index (χ0) is 22.1. The van der Waals surface area contributed by atoms with Gasteiger partial charge >= 0.3 is 0 Å². The Morgan fingerprint density at radius 3 is 2.69 bits per heavy atom. The van der Waals surface area contributed by atoms with Crippen molar-refractivity contribution in [2.75, 3.05) is 36.9 Å². The van der Waals surface area contributed by atoms with E-state index in [1.807, 2.05) is 49.5 Å². The first kappa shape index (κ1) is 20.6. The Morgan fingerprint density at radius 2 is 1.91 bits per heavy atom. The van der Waals surface area contributed by atoms with Crippen LogP contribution in [-0.2, 0) is 11.2 Å². The number of Topliss-reactive ketones (excluding diaryl/α,β-unsaturated/α-hetero) is 1. The third kappa shape index (κ3) is 4.22. The number of carbonyl (C=O) groups is 1. The number of aromatic nitrogens is 2. The molecule has 1 aliphatic rings. The maximum absolute atomic E-state index is 13.0. The van der Waals surface area contributed by atoms with E-state index >= 15 is 0 Å². The number of benzene rings is 2. The van der Waals surface area contributed by atoms with Gasteiger partial charge in [-0.15, -0.1) is 0 Å². The molecule has 3 heterocycles. The van der Waals surface area contributed by atoms with Gasteiger partial charge in [-0.1, -0.05) is 35.6 Å². The van der Waals surface area contributed by atoms with E-state index in [0.717, 1.165) is 58.9 Å². The van der Waals surface area contributed by atoms with Crippen molar-refractivity contribution < 1.29 is 9.53 Å². The average molecular weight is 445 g/mol. The summed E-state index contributed by atoms with van der Waals surface area (Å²) >= 11 is 1.37. The lowest BCUT2D eigenvalue weighted by atomic mass is 9.95. The summed E-state index contributed by atoms with van der Waals surface area (Å²) in [6, 6.07) is 16.1. The van der Waals surface area contributed by atoms with Crippen LogP contribution in [0.2, 0.25) is 0 Å². The molecule has 1 fully saturated rings. The first-order valence-electron chi connectivity index (χ1n) is 10.6. The summed E-state index contributed by atoms with van der Waals surface area (Å²) in [7, 11) is 0. The van der Waals surface area contributed by atoms with Crippen LogP contribution in [0.15, 0.2) is 54.7 Å². The van der Waals surface area contributed by atoms with Gasteiger partial charge in [-0.05, 0) is 47.9 Å². The number of pyridine rings is 1. The molecule has 2 N–H and O–H groups in total. The Labute approximate surface area is 190 Å². The largest absolute Gasteiger partial charge is 0.378 e. The molecule has 2 aromatic heterocycles. The van der Waals surface area contributed by atoms with E-state index in [1.165, 1.54) is 17.0 Å². The molecule has 6 nitrogen and oxygen atoms in total. The molecule has 0 spiro atoms.